The first-order valence-corrected chi connectivity index (χ1v) is 9.77. The molecule has 2 aliphatic rings. The Morgan fingerprint density at radius 1 is 1.42 bits per heavy atom. The second-order valence-electron chi connectivity index (χ2n) is 8.25. The van der Waals surface area contributed by atoms with Crippen LogP contribution in [0.25, 0.3) is 0 Å². The minimum Gasteiger partial charge on any atom is -0.384 e. The number of rotatable bonds is 3. The predicted octanol–water partition coefficient (Wildman–Crippen LogP) is 3.31. The molecule has 2 aromatic rings. The molecule has 1 aliphatic heterocycles. The summed E-state index contributed by atoms with van der Waals surface area (Å²) in [6.45, 7) is 3.92. The third-order valence-electron chi connectivity index (χ3n) is 5.50. The van der Waals surface area contributed by atoms with Gasteiger partial charge in [0.1, 0.15) is 12.1 Å². The maximum atomic E-state index is 13.4. The fourth-order valence-corrected chi connectivity index (χ4v) is 4.46. The van der Waals surface area contributed by atoms with Gasteiger partial charge in [-0.05, 0) is 23.5 Å². The molecule has 1 atom stereocenters. The van der Waals surface area contributed by atoms with Crippen LogP contribution in [0.3, 0.4) is 0 Å². The monoisotopic (exact) mass is 439 g/mol. The van der Waals surface area contributed by atoms with Gasteiger partial charge < -0.3 is 5.73 Å². The predicted molar refractivity (Wildman–Crippen MR) is 112 cm³/mol. The molecule has 0 saturated heterocycles. The van der Waals surface area contributed by atoms with E-state index in [0.717, 1.165) is 0 Å². The number of Topliss-reactive ketones (excluding diaryl/α,β-unsaturated/α-hetero) is 1. The highest BCUT2D eigenvalue weighted by Crippen LogP contribution is 2.50. The van der Waals surface area contributed by atoms with Gasteiger partial charge in [-0.15, -0.1) is 0 Å². The van der Waals surface area contributed by atoms with E-state index in [-0.39, 0.29) is 51.2 Å². The molecule has 0 spiro atoms. The van der Waals surface area contributed by atoms with Gasteiger partial charge >= 0.3 is 0 Å². The van der Waals surface area contributed by atoms with Crippen molar-refractivity contribution >= 4 is 29.0 Å². The first kappa shape index (κ1) is 20.6. The lowest BCUT2D eigenvalue weighted by atomic mass is 9.68. The first-order chi connectivity index (χ1) is 14.6. The van der Waals surface area contributed by atoms with Gasteiger partial charge in [0.25, 0.3) is 5.69 Å². The van der Waals surface area contributed by atoms with Crippen LogP contribution in [0, 0.1) is 26.9 Å². The molecule has 1 unspecified atom stereocenters. The molecule has 0 saturated carbocycles. The van der Waals surface area contributed by atoms with Gasteiger partial charge in [-0.2, -0.15) is 15.3 Å². The average molecular weight is 440 g/mol. The summed E-state index contributed by atoms with van der Waals surface area (Å²) in [5.74, 6) is -0.762. The molecule has 1 aliphatic carbocycles. The maximum absolute atomic E-state index is 13.4. The van der Waals surface area contributed by atoms with Crippen molar-refractivity contribution in [2.45, 2.75) is 32.6 Å². The summed E-state index contributed by atoms with van der Waals surface area (Å²) in [4.78, 5) is 29.8. The molecule has 10 nitrogen and oxygen atoms in total. The van der Waals surface area contributed by atoms with Crippen LogP contribution in [0.5, 0.6) is 0 Å². The van der Waals surface area contributed by atoms with E-state index in [0.29, 0.717) is 17.7 Å². The summed E-state index contributed by atoms with van der Waals surface area (Å²) in [7, 11) is 0. The molecule has 0 bridgehead atoms. The zero-order chi connectivity index (χ0) is 22.5. The van der Waals surface area contributed by atoms with Crippen molar-refractivity contribution in [3.05, 3.63) is 67.9 Å². The quantitative estimate of drug-likeness (QED) is 0.545. The molecule has 0 radical (unpaired) electrons. The van der Waals surface area contributed by atoms with E-state index in [4.69, 9.17) is 17.3 Å². The average Bonchev–Trinajstić information content (AvgIpc) is 3.20. The molecule has 1 aromatic carbocycles. The van der Waals surface area contributed by atoms with Gasteiger partial charge in [-0.3, -0.25) is 19.8 Å². The number of nitrogens with two attached hydrogens (primary N) is 1. The van der Waals surface area contributed by atoms with Crippen LogP contribution < -0.4 is 10.6 Å². The van der Waals surface area contributed by atoms with Crippen LogP contribution in [0.1, 0.15) is 38.2 Å². The number of anilines is 1. The molecule has 11 heteroatoms. The van der Waals surface area contributed by atoms with E-state index in [9.17, 15) is 20.2 Å². The number of nitriles is 1. The molecular weight excluding hydrogens is 422 g/mol. The van der Waals surface area contributed by atoms with E-state index < -0.39 is 10.8 Å². The Morgan fingerprint density at radius 3 is 2.77 bits per heavy atom. The highest BCUT2D eigenvalue weighted by Gasteiger charge is 2.46. The number of non-ortho nitro benzene ring substituents is 1. The largest absolute Gasteiger partial charge is 0.384 e. The van der Waals surface area contributed by atoms with Crippen LogP contribution in [0.2, 0.25) is 5.02 Å². The summed E-state index contributed by atoms with van der Waals surface area (Å²) in [5.41, 5.74) is 7.11. The van der Waals surface area contributed by atoms with E-state index in [1.165, 1.54) is 29.4 Å². The van der Waals surface area contributed by atoms with Crippen molar-refractivity contribution in [2.75, 3.05) is 4.90 Å². The fraction of sp³-hybridized carbons (Fsp3) is 0.300. The molecule has 2 heterocycles. The highest BCUT2D eigenvalue weighted by molar-refractivity contribution is 6.31. The third kappa shape index (κ3) is 3.33. The van der Waals surface area contributed by atoms with Gasteiger partial charge in [0.2, 0.25) is 5.95 Å². The Kier molecular flexibility index (Phi) is 4.78. The van der Waals surface area contributed by atoms with E-state index in [2.05, 4.69) is 21.3 Å². The normalized spacial score (nSPS) is 20.5. The summed E-state index contributed by atoms with van der Waals surface area (Å²) in [5, 5.41) is 28.1. The lowest BCUT2D eigenvalue weighted by molar-refractivity contribution is -0.384. The van der Waals surface area contributed by atoms with E-state index >= 15 is 0 Å². The zero-order valence-corrected chi connectivity index (χ0v) is 17.5. The molecule has 0 amide bonds. The zero-order valence-electron chi connectivity index (χ0n) is 16.7. The molecular formula is C20H18ClN7O3. The number of carbonyl (C=O) groups excluding carboxylic acids is 1. The number of nitrogens with one attached hydrogen (secondary N) is 1. The minimum atomic E-state index is -0.921. The Bertz CT molecular complexity index is 1210. The number of hydrogen-bond donors (Lipinski definition) is 2. The number of aromatic amines is 1. The van der Waals surface area contributed by atoms with Crippen molar-refractivity contribution < 1.29 is 9.72 Å². The standard InChI is InChI=1S/C20H18ClN7O3/c1-20(2)6-14-17(15(29)7-20)16(11-5-10(28(30)31)3-4-13(11)21)12(8-22)18(23)27(14)19-24-9-25-26-19/h3-5,9,16H,6-7,23H2,1-2H3,(H,24,25,26). The number of nitro groups is 1. The van der Waals surface area contributed by atoms with E-state index in [1.807, 2.05) is 13.8 Å². The van der Waals surface area contributed by atoms with Crippen molar-refractivity contribution in [3.63, 3.8) is 0 Å². The molecule has 158 valence electrons. The Morgan fingerprint density at radius 2 is 2.16 bits per heavy atom. The van der Waals surface area contributed by atoms with E-state index in [1.54, 1.807) is 0 Å². The molecule has 0 fully saturated rings. The molecule has 4 rings (SSSR count). The van der Waals surface area contributed by atoms with Gasteiger partial charge in [-0.1, -0.05) is 25.4 Å². The number of nitrogens with zero attached hydrogens (tertiary/aromatic N) is 5. The summed E-state index contributed by atoms with van der Waals surface area (Å²) >= 11 is 6.40. The number of benzene rings is 1. The smallest absolute Gasteiger partial charge is 0.269 e. The highest BCUT2D eigenvalue weighted by atomic mass is 35.5. The lowest BCUT2D eigenvalue weighted by Gasteiger charge is -2.42. The van der Waals surface area contributed by atoms with Crippen LogP contribution in [-0.4, -0.2) is 25.9 Å². The Balaban J connectivity index is 2.03. The van der Waals surface area contributed by atoms with Gasteiger partial charge in [0.15, 0.2) is 5.78 Å². The van der Waals surface area contributed by atoms with Gasteiger partial charge in [-0.25, -0.2) is 5.10 Å². The maximum Gasteiger partial charge on any atom is 0.269 e. The van der Waals surface area contributed by atoms with Crippen LogP contribution in [0.15, 0.2) is 47.2 Å². The number of H-pyrrole nitrogens is 1. The first-order valence-electron chi connectivity index (χ1n) is 9.40. The van der Waals surface area contributed by atoms with Crippen molar-refractivity contribution in [3.8, 4) is 6.07 Å². The second kappa shape index (κ2) is 7.21. The number of allylic oxidation sites excluding steroid dienone is 3. The topological polar surface area (TPSA) is 155 Å². The summed E-state index contributed by atoms with van der Waals surface area (Å²) < 4.78 is 0. The number of ketones is 1. The fourth-order valence-electron chi connectivity index (χ4n) is 4.23. The van der Waals surface area contributed by atoms with Crippen molar-refractivity contribution in [2.24, 2.45) is 11.1 Å². The number of nitro benzene ring substituents is 1. The molecule has 1 aromatic heterocycles. The second-order valence-corrected chi connectivity index (χ2v) is 8.66. The van der Waals surface area contributed by atoms with Gasteiger partial charge in [0.05, 0.1) is 22.5 Å². The Hall–Kier alpha value is -3.71. The van der Waals surface area contributed by atoms with Crippen LogP contribution in [-0.2, 0) is 4.79 Å². The number of halogens is 1. The number of aromatic nitrogens is 3. The summed E-state index contributed by atoms with van der Waals surface area (Å²) in [6.07, 6.45) is 2.02. The van der Waals surface area contributed by atoms with Crippen LogP contribution >= 0.6 is 11.6 Å². The number of hydrogen-bond acceptors (Lipinski definition) is 8. The van der Waals surface area contributed by atoms with Crippen molar-refractivity contribution in [1.29, 1.82) is 5.26 Å². The minimum absolute atomic E-state index is 0.0607. The number of carbonyl (C=O) groups is 1. The third-order valence-corrected chi connectivity index (χ3v) is 5.84. The molecule has 3 N–H and O–H groups in total. The SMILES string of the molecule is CC1(C)CC(=O)C2=C(C1)N(c1ncn[nH]1)C(N)=C(C#N)C2c1cc([N+](=O)[O-])ccc1Cl. The molecule has 31 heavy (non-hydrogen) atoms. The lowest BCUT2D eigenvalue weighted by Crippen LogP contribution is -2.42. The Labute approximate surface area is 182 Å². The summed E-state index contributed by atoms with van der Waals surface area (Å²) in [6, 6.07) is 6.03. The van der Waals surface area contributed by atoms with Gasteiger partial charge in [0, 0.05) is 34.8 Å². The van der Waals surface area contributed by atoms with Crippen LogP contribution in [0.4, 0.5) is 11.6 Å². The van der Waals surface area contributed by atoms with Crippen molar-refractivity contribution in [1.82, 2.24) is 15.2 Å².